The number of carbonyl (C=O) groups is 2. The van der Waals surface area contributed by atoms with Crippen LogP contribution in [0.5, 0.6) is 5.75 Å². The number of ether oxygens (including phenoxy) is 2. The van der Waals surface area contributed by atoms with E-state index in [0.29, 0.717) is 23.1 Å². The van der Waals surface area contributed by atoms with E-state index in [1.54, 1.807) is 45.3 Å². The topological polar surface area (TPSA) is 98.6 Å². The Hall–Kier alpha value is -3.53. The minimum atomic E-state index is -0.433. The Morgan fingerprint density at radius 1 is 1.09 bits per heavy atom. The molecule has 0 fully saturated rings. The van der Waals surface area contributed by atoms with Crippen LogP contribution >= 0.6 is 11.8 Å². The van der Waals surface area contributed by atoms with Gasteiger partial charge in [-0.1, -0.05) is 11.8 Å². The number of aromatic nitrogens is 3. The van der Waals surface area contributed by atoms with Crippen molar-refractivity contribution in [3.05, 3.63) is 54.4 Å². The van der Waals surface area contributed by atoms with Crippen molar-refractivity contribution in [2.45, 2.75) is 19.0 Å². The number of hydrogen-bond acceptors (Lipinski definition) is 7. The van der Waals surface area contributed by atoms with Gasteiger partial charge in [0, 0.05) is 24.1 Å². The molecule has 0 spiro atoms. The predicted molar refractivity (Wildman–Crippen MR) is 124 cm³/mol. The van der Waals surface area contributed by atoms with Crippen LogP contribution in [0.1, 0.15) is 12.7 Å². The molecule has 0 saturated carbocycles. The fourth-order valence-corrected chi connectivity index (χ4v) is 3.68. The number of benzene rings is 2. The highest BCUT2D eigenvalue weighted by atomic mass is 32.2. The molecule has 1 N–H and O–H groups in total. The van der Waals surface area contributed by atoms with Gasteiger partial charge in [-0.3, -0.25) is 14.3 Å². The van der Waals surface area contributed by atoms with Gasteiger partial charge in [-0.15, -0.1) is 10.2 Å². The standard InChI is InChI=1S/C22H25N5O4S/c1-5-31-22(29)26(3)17-8-6-16(7-9-17)23-20(28)14-32-21-25-24-15(2)27(21)18-10-12-19(30-4)13-11-18/h6-13H,5,14H2,1-4H3,(H,23,28). The van der Waals surface area contributed by atoms with E-state index in [4.69, 9.17) is 9.47 Å². The van der Waals surface area contributed by atoms with Gasteiger partial charge in [-0.05, 0) is 62.4 Å². The Bertz CT molecular complexity index is 1070. The molecule has 0 unspecified atom stereocenters. The van der Waals surface area contributed by atoms with Gasteiger partial charge in [-0.2, -0.15) is 0 Å². The van der Waals surface area contributed by atoms with Crippen molar-refractivity contribution in [2.24, 2.45) is 0 Å². The van der Waals surface area contributed by atoms with Crippen LogP contribution in [0.2, 0.25) is 0 Å². The monoisotopic (exact) mass is 455 g/mol. The highest BCUT2D eigenvalue weighted by Crippen LogP contribution is 2.24. The fraction of sp³-hybridized carbons (Fsp3) is 0.273. The number of rotatable bonds is 8. The summed E-state index contributed by atoms with van der Waals surface area (Å²) in [6.45, 7) is 3.92. The Morgan fingerprint density at radius 3 is 2.41 bits per heavy atom. The highest BCUT2D eigenvalue weighted by Gasteiger charge is 2.15. The zero-order valence-electron chi connectivity index (χ0n) is 18.4. The van der Waals surface area contributed by atoms with Crippen LogP contribution < -0.4 is 15.0 Å². The number of amides is 2. The van der Waals surface area contributed by atoms with Gasteiger partial charge in [0.05, 0.1) is 19.5 Å². The summed E-state index contributed by atoms with van der Waals surface area (Å²) in [7, 11) is 3.24. The van der Waals surface area contributed by atoms with Crippen molar-refractivity contribution >= 4 is 35.1 Å². The molecule has 10 heteroatoms. The van der Waals surface area contributed by atoms with Crippen molar-refractivity contribution in [1.29, 1.82) is 0 Å². The quantitative estimate of drug-likeness (QED) is 0.514. The van der Waals surface area contributed by atoms with E-state index in [-0.39, 0.29) is 11.7 Å². The number of hydrogen-bond donors (Lipinski definition) is 1. The van der Waals surface area contributed by atoms with Crippen molar-refractivity contribution in [3.8, 4) is 11.4 Å². The molecule has 32 heavy (non-hydrogen) atoms. The lowest BCUT2D eigenvalue weighted by Crippen LogP contribution is -2.26. The average Bonchev–Trinajstić information content (AvgIpc) is 3.18. The number of nitrogens with one attached hydrogen (secondary N) is 1. The summed E-state index contributed by atoms with van der Waals surface area (Å²) in [5.41, 5.74) is 2.18. The zero-order valence-corrected chi connectivity index (χ0v) is 19.2. The first-order valence-corrected chi connectivity index (χ1v) is 10.9. The number of nitrogens with zero attached hydrogens (tertiary/aromatic N) is 4. The molecule has 2 aromatic carbocycles. The molecule has 3 rings (SSSR count). The number of aryl methyl sites for hydroxylation is 1. The van der Waals surface area contributed by atoms with E-state index in [9.17, 15) is 9.59 Å². The maximum Gasteiger partial charge on any atom is 0.413 e. The first-order chi connectivity index (χ1) is 15.4. The summed E-state index contributed by atoms with van der Waals surface area (Å²) in [5.74, 6) is 1.47. The Balaban J connectivity index is 1.60. The second kappa shape index (κ2) is 10.7. The molecule has 0 bridgehead atoms. The first kappa shape index (κ1) is 23.1. The summed E-state index contributed by atoms with van der Waals surface area (Å²) in [6, 6.07) is 14.5. The van der Waals surface area contributed by atoms with Crippen molar-refractivity contribution < 1.29 is 19.1 Å². The first-order valence-electron chi connectivity index (χ1n) is 9.92. The molecule has 3 aromatic rings. The van der Waals surface area contributed by atoms with Crippen molar-refractivity contribution in [1.82, 2.24) is 14.8 Å². The van der Waals surface area contributed by atoms with E-state index in [0.717, 1.165) is 17.3 Å². The van der Waals surface area contributed by atoms with E-state index in [1.165, 1.54) is 16.7 Å². The normalized spacial score (nSPS) is 10.5. The zero-order chi connectivity index (χ0) is 23.1. The minimum absolute atomic E-state index is 0.165. The lowest BCUT2D eigenvalue weighted by atomic mass is 10.2. The maximum absolute atomic E-state index is 12.4. The van der Waals surface area contributed by atoms with Crippen LogP contribution in [-0.2, 0) is 9.53 Å². The van der Waals surface area contributed by atoms with Gasteiger partial charge in [-0.25, -0.2) is 4.79 Å². The Labute approximate surface area is 190 Å². The second-order valence-electron chi connectivity index (χ2n) is 6.70. The number of anilines is 2. The van der Waals surface area contributed by atoms with Gasteiger partial charge in [0.1, 0.15) is 11.6 Å². The molecule has 0 aliphatic heterocycles. The van der Waals surface area contributed by atoms with Crippen LogP contribution in [0.15, 0.2) is 53.7 Å². The lowest BCUT2D eigenvalue weighted by Gasteiger charge is -2.16. The van der Waals surface area contributed by atoms with E-state index >= 15 is 0 Å². The Morgan fingerprint density at radius 2 is 1.78 bits per heavy atom. The van der Waals surface area contributed by atoms with Gasteiger partial charge >= 0.3 is 6.09 Å². The SMILES string of the molecule is CCOC(=O)N(C)c1ccc(NC(=O)CSc2nnc(C)n2-c2ccc(OC)cc2)cc1. The third-order valence-electron chi connectivity index (χ3n) is 4.54. The third-order valence-corrected chi connectivity index (χ3v) is 5.47. The summed E-state index contributed by atoms with van der Waals surface area (Å²) < 4.78 is 12.1. The van der Waals surface area contributed by atoms with E-state index in [2.05, 4.69) is 15.5 Å². The smallest absolute Gasteiger partial charge is 0.413 e. The number of carbonyl (C=O) groups excluding carboxylic acids is 2. The molecule has 0 saturated heterocycles. The molecule has 1 heterocycles. The summed E-state index contributed by atoms with van der Waals surface area (Å²) in [6.07, 6.45) is -0.433. The molecule has 0 aliphatic rings. The third kappa shape index (κ3) is 5.58. The number of methoxy groups -OCH3 is 1. The van der Waals surface area contributed by atoms with Gasteiger partial charge < -0.3 is 14.8 Å². The average molecular weight is 456 g/mol. The second-order valence-corrected chi connectivity index (χ2v) is 7.65. The van der Waals surface area contributed by atoms with Crippen LogP contribution in [0.25, 0.3) is 5.69 Å². The molecular formula is C22H25N5O4S. The van der Waals surface area contributed by atoms with Gasteiger partial charge in [0.2, 0.25) is 5.91 Å². The fourth-order valence-electron chi connectivity index (χ4n) is 2.89. The molecule has 2 amide bonds. The summed E-state index contributed by atoms with van der Waals surface area (Å²) in [5, 5.41) is 11.8. The summed E-state index contributed by atoms with van der Waals surface area (Å²) in [4.78, 5) is 25.6. The minimum Gasteiger partial charge on any atom is -0.497 e. The van der Waals surface area contributed by atoms with Gasteiger partial charge in [0.15, 0.2) is 5.16 Å². The Kier molecular flexibility index (Phi) is 7.72. The molecular weight excluding hydrogens is 430 g/mol. The van der Waals surface area contributed by atoms with E-state index in [1.807, 2.05) is 35.8 Å². The molecule has 168 valence electrons. The predicted octanol–water partition coefficient (Wildman–Crippen LogP) is 3.91. The molecule has 0 radical (unpaired) electrons. The maximum atomic E-state index is 12.4. The lowest BCUT2D eigenvalue weighted by molar-refractivity contribution is -0.113. The van der Waals surface area contributed by atoms with Crippen LogP contribution in [-0.4, -0.2) is 53.3 Å². The van der Waals surface area contributed by atoms with Gasteiger partial charge in [0.25, 0.3) is 0 Å². The van der Waals surface area contributed by atoms with Crippen molar-refractivity contribution in [2.75, 3.05) is 36.7 Å². The molecule has 0 atom stereocenters. The van der Waals surface area contributed by atoms with Crippen LogP contribution in [0, 0.1) is 6.92 Å². The molecule has 1 aromatic heterocycles. The number of thioether (sulfide) groups is 1. The summed E-state index contributed by atoms with van der Waals surface area (Å²) >= 11 is 1.29. The van der Waals surface area contributed by atoms with Crippen LogP contribution in [0.3, 0.4) is 0 Å². The van der Waals surface area contributed by atoms with E-state index < -0.39 is 6.09 Å². The largest absolute Gasteiger partial charge is 0.497 e. The molecule has 0 aliphatic carbocycles. The molecule has 9 nitrogen and oxygen atoms in total. The van der Waals surface area contributed by atoms with Crippen LogP contribution in [0.4, 0.5) is 16.2 Å². The van der Waals surface area contributed by atoms with Crippen molar-refractivity contribution in [3.63, 3.8) is 0 Å². The highest BCUT2D eigenvalue weighted by molar-refractivity contribution is 7.99.